The van der Waals surface area contributed by atoms with Gasteiger partial charge in [-0.15, -0.1) is 0 Å². The fourth-order valence-electron chi connectivity index (χ4n) is 2.14. The van der Waals surface area contributed by atoms with E-state index in [-0.39, 0.29) is 5.75 Å². The molecule has 2 N–H and O–H groups in total. The first-order valence-electron chi connectivity index (χ1n) is 6.15. The Balaban J connectivity index is 1.98. The Bertz CT molecular complexity index is 473. The maximum atomic E-state index is 10.1. The van der Waals surface area contributed by atoms with Crippen molar-refractivity contribution in [2.24, 2.45) is 0 Å². The summed E-state index contributed by atoms with van der Waals surface area (Å²) in [7, 11) is 0. The molecule has 1 unspecified atom stereocenters. The number of hydrogen-bond donors (Lipinski definition) is 2. The maximum absolute atomic E-state index is 10.1. The van der Waals surface area contributed by atoms with E-state index >= 15 is 0 Å². The molecule has 2 heteroatoms. The van der Waals surface area contributed by atoms with Gasteiger partial charge >= 0.3 is 0 Å². The van der Waals surface area contributed by atoms with Gasteiger partial charge in [-0.1, -0.05) is 42.0 Å². The van der Waals surface area contributed by atoms with Gasteiger partial charge < -0.3 is 10.2 Å². The van der Waals surface area contributed by atoms with E-state index in [0.717, 1.165) is 11.1 Å². The van der Waals surface area contributed by atoms with Crippen LogP contribution in [0.5, 0.6) is 5.75 Å². The largest absolute Gasteiger partial charge is 0.508 e. The quantitative estimate of drug-likeness (QED) is 0.865. The summed E-state index contributed by atoms with van der Waals surface area (Å²) in [6, 6.07) is 15.2. The molecular weight excluding hydrogens is 224 g/mol. The average molecular weight is 242 g/mol. The van der Waals surface area contributed by atoms with Crippen LogP contribution >= 0.6 is 0 Å². The minimum absolute atomic E-state index is 0.246. The molecule has 0 aliphatic rings. The predicted molar refractivity (Wildman–Crippen MR) is 72.7 cm³/mol. The third kappa shape index (κ3) is 3.60. The van der Waals surface area contributed by atoms with Crippen LogP contribution in [-0.2, 0) is 12.8 Å². The van der Waals surface area contributed by atoms with Gasteiger partial charge in [-0.25, -0.2) is 0 Å². The van der Waals surface area contributed by atoms with Crippen molar-refractivity contribution in [1.29, 1.82) is 0 Å². The lowest BCUT2D eigenvalue weighted by atomic mass is 10.0. The Morgan fingerprint density at radius 1 is 0.944 bits per heavy atom. The van der Waals surface area contributed by atoms with Crippen LogP contribution in [0.2, 0.25) is 0 Å². The van der Waals surface area contributed by atoms with Crippen LogP contribution in [0.3, 0.4) is 0 Å². The molecule has 0 radical (unpaired) electrons. The van der Waals surface area contributed by atoms with E-state index in [1.165, 1.54) is 5.56 Å². The minimum atomic E-state index is -0.423. The maximum Gasteiger partial charge on any atom is 0.115 e. The average Bonchev–Trinajstić information content (AvgIpc) is 2.28. The lowest BCUT2D eigenvalue weighted by molar-refractivity contribution is 0.175. The third-order valence-corrected chi connectivity index (χ3v) is 2.94. The highest BCUT2D eigenvalue weighted by molar-refractivity contribution is 5.28. The highest BCUT2D eigenvalue weighted by Gasteiger charge is 2.07. The molecule has 0 aromatic heterocycles. The zero-order valence-electron chi connectivity index (χ0n) is 10.5. The summed E-state index contributed by atoms with van der Waals surface area (Å²) in [6.07, 6.45) is 0.772. The number of phenols is 1. The number of benzene rings is 2. The molecule has 0 heterocycles. The summed E-state index contributed by atoms with van der Waals surface area (Å²) < 4.78 is 0. The summed E-state index contributed by atoms with van der Waals surface area (Å²) in [5.41, 5.74) is 3.30. The van der Waals surface area contributed by atoms with Crippen molar-refractivity contribution in [2.75, 3.05) is 0 Å². The van der Waals surface area contributed by atoms with Gasteiger partial charge in [0, 0.05) is 0 Å². The van der Waals surface area contributed by atoms with Gasteiger partial charge in [-0.3, -0.25) is 0 Å². The Labute approximate surface area is 108 Å². The molecule has 18 heavy (non-hydrogen) atoms. The molecule has 1 atom stereocenters. The Morgan fingerprint density at radius 3 is 2.17 bits per heavy atom. The van der Waals surface area contributed by atoms with Crippen LogP contribution in [0.4, 0.5) is 0 Å². The molecule has 2 aromatic carbocycles. The van der Waals surface area contributed by atoms with Gasteiger partial charge in [-0.05, 0) is 43.0 Å². The number of aliphatic hydroxyl groups excluding tert-OH is 1. The van der Waals surface area contributed by atoms with Crippen molar-refractivity contribution in [2.45, 2.75) is 25.9 Å². The van der Waals surface area contributed by atoms with E-state index < -0.39 is 6.10 Å². The normalized spacial score (nSPS) is 12.3. The third-order valence-electron chi connectivity index (χ3n) is 2.94. The number of aromatic hydroxyl groups is 1. The first-order valence-corrected chi connectivity index (χ1v) is 6.15. The summed E-state index contributed by atoms with van der Waals surface area (Å²) in [4.78, 5) is 0. The second kappa shape index (κ2) is 5.69. The van der Waals surface area contributed by atoms with Crippen LogP contribution < -0.4 is 0 Å². The van der Waals surface area contributed by atoms with Gasteiger partial charge in [-0.2, -0.15) is 0 Å². The van der Waals surface area contributed by atoms with Crippen LogP contribution in [0.1, 0.15) is 16.7 Å². The van der Waals surface area contributed by atoms with E-state index in [0.29, 0.717) is 12.8 Å². The van der Waals surface area contributed by atoms with E-state index in [4.69, 9.17) is 0 Å². The van der Waals surface area contributed by atoms with Crippen molar-refractivity contribution in [3.05, 3.63) is 65.2 Å². The molecule has 0 fully saturated rings. The topological polar surface area (TPSA) is 40.5 Å². The second-order valence-corrected chi connectivity index (χ2v) is 4.72. The monoisotopic (exact) mass is 242 g/mol. The van der Waals surface area contributed by atoms with Crippen LogP contribution in [0.25, 0.3) is 0 Å². The minimum Gasteiger partial charge on any atom is -0.508 e. The molecule has 2 nitrogen and oxygen atoms in total. The predicted octanol–water partition coefficient (Wildman–Crippen LogP) is 2.85. The fraction of sp³-hybridized carbons (Fsp3) is 0.250. The lowest BCUT2D eigenvalue weighted by Gasteiger charge is -2.11. The highest BCUT2D eigenvalue weighted by Crippen LogP contribution is 2.14. The fourth-order valence-corrected chi connectivity index (χ4v) is 2.14. The molecule has 0 spiro atoms. The molecule has 94 valence electrons. The number of aliphatic hydroxyl groups is 1. The standard InChI is InChI=1S/C16H18O2/c1-12-4-2-5-13(8-12)10-16(18)11-14-6-3-7-15(17)9-14/h2-9,16-18H,10-11H2,1H3. The summed E-state index contributed by atoms with van der Waals surface area (Å²) in [5.74, 6) is 0.246. The van der Waals surface area contributed by atoms with Gasteiger partial charge in [0.25, 0.3) is 0 Å². The summed E-state index contributed by atoms with van der Waals surface area (Å²) in [5, 5.41) is 19.4. The van der Waals surface area contributed by atoms with Crippen LogP contribution in [0.15, 0.2) is 48.5 Å². The van der Waals surface area contributed by atoms with E-state index in [1.807, 2.05) is 31.2 Å². The van der Waals surface area contributed by atoms with Crippen molar-refractivity contribution < 1.29 is 10.2 Å². The second-order valence-electron chi connectivity index (χ2n) is 4.72. The molecule has 0 saturated carbocycles. The molecule has 0 amide bonds. The summed E-state index contributed by atoms with van der Waals surface area (Å²) >= 11 is 0. The zero-order valence-corrected chi connectivity index (χ0v) is 10.5. The van der Waals surface area contributed by atoms with Gasteiger partial charge in [0.15, 0.2) is 0 Å². The van der Waals surface area contributed by atoms with Crippen molar-refractivity contribution in [3.8, 4) is 5.75 Å². The first kappa shape index (κ1) is 12.7. The van der Waals surface area contributed by atoms with Crippen LogP contribution in [0, 0.1) is 6.92 Å². The Hall–Kier alpha value is -1.80. The van der Waals surface area contributed by atoms with Gasteiger partial charge in [0.05, 0.1) is 6.10 Å². The van der Waals surface area contributed by atoms with E-state index in [9.17, 15) is 10.2 Å². The Morgan fingerprint density at radius 2 is 1.56 bits per heavy atom. The van der Waals surface area contributed by atoms with Crippen molar-refractivity contribution in [3.63, 3.8) is 0 Å². The Kier molecular flexibility index (Phi) is 4.00. The molecule has 0 bridgehead atoms. The molecule has 0 saturated heterocycles. The molecule has 2 aromatic rings. The lowest BCUT2D eigenvalue weighted by Crippen LogP contribution is -2.13. The molecular formula is C16H18O2. The number of hydrogen-bond acceptors (Lipinski definition) is 2. The number of aryl methyl sites for hydroxylation is 1. The highest BCUT2D eigenvalue weighted by atomic mass is 16.3. The van der Waals surface area contributed by atoms with Gasteiger partial charge in [0.1, 0.15) is 5.75 Å². The molecule has 0 aliphatic heterocycles. The molecule has 2 rings (SSSR count). The number of rotatable bonds is 4. The number of phenolic OH excluding ortho intramolecular Hbond substituents is 1. The first-order chi connectivity index (χ1) is 8.63. The van der Waals surface area contributed by atoms with Gasteiger partial charge in [0.2, 0.25) is 0 Å². The van der Waals surface area contributed by atoms with Crippen molar-refractivity contribution >= 4 is 0 Å². The zero-order chi connectivity index (χ0) is 13.0. The van der Waals surface area contributed by atoms with Crippen LogP contribution in [-0.4, -0.2) is 16.3 Å². The SMILES string of the molecule is Cc1cccc(CC(O)Cc2cccc(O)c2)c1. The smallest absolute Gasteiger partial charge is 0.115 e. The summed E-state index contributed by atoms with van der Waals surface area (Å²) in [6.45, 7) is 2.05. The van der Waals surface area contributed by atoms with E-state index in [1.54, 1.807) is 18.2 Å². The molecule has 0 aliphatic carbocycles. The van der Waals surface area contributed by atoms with E-state index in [2.05, 4.69) is 6.07 Å². The van der Waals surface area contributed by atoms with Crippen molar-refractivity contribution in [1.82, 2.24) is 0 Å².